The van der Waals surface area contributed by atoms with E-state index in [2.05, 4.69) is 10.6 Å². The molecule has 0 aromatic carbocycles. The van der Waals surface area contributed by atoms with Gasteiger partial charge in [-0.25, -0.2) is 0 Å². The molecular formula is C14H22N4O3. The normalized spacial score (nSPS) is 22.3. The first-order valence-electron chi connectivity index (χ1n) is 7.30. The summed E-state index contributed by atoms with van der Waals surface area (Å²) in [6.07, 6.45) is 3.35. The van der Waals surface area contributed by atoms with Crippen LogP contribution in [0.5, 0.6) is 0 Å². The molecule has 116 valence electrons. The topological polar surface area (TPSA) is 89.2 Å². The standard InChI is InChI=1S/C14H22N4O3/c1-9(2)17-8-11(18(20)21)7-13(17)14(19)16-12-5-4-6-15-10(12)3/h7-10,12,15H,4-6H2,1-3H3,(H,16,19). The Bertz CT molecular complexity index is 538. The Morgan fingerprint density at radius 3 is 2.86 bits per heavy atom. The van der Waals surface area contributed by atoms with Crippen LogP contribution in [-0.4, -0.2) is 34.0 Å². The van der Waals surface area contributed by atoms with E-state index in [1.807, 2.05) is 20.8 Å². The van der Waals surface area contributed by atoms with Crippen LogP contribution in [0.3, 0.4) is 0 Å². The third-order valence-corrected chi connectivity index (χ3v) is 3.91. The van der Waals surface area contributed by atoms with Crippen molar-refractivity contribution >= 4 is 11.6 Å². The van der Waals surface area contributed by atoms with Crippen molar-refractivity contribution in [2.45, 2.75) is 51.7 Å². The molecule has 2 atom stereocenters. The van der Waals surface area contributed by atoms with E-state index in [9.17, 15) is 14.9 Å². The first-order valence-corrected chi connectivity index (χ1v) is 7.30. The van der Waals surface area contributed by atoms with Crippen LogP contribution in [0.1, 0.15) is 50.1 Å². The van der Waals surface area contributed by atoms with Crippen molar-refractivity contribution in [2.24, 2.45) is 0 Å². The van der Waals surface area contributed by atoms with Crippen molar-refractivity contribution in [2.75, 3.05) is 6.54 Å². The van der Waals surface area contributed by atoms with Gasteiger partial charge in [-0.05, 0) is 40.2 Å². The van der Waals surface area contributed by atoms with Gasteiger partial charge in [-0.3, -0.25) is 14.9 Å². The molecule has 2 heterocycles. The largest absolute Gasteiger partial charge is 0.346 e. The fraction of sp³-hybridized carbons (Fsp3) is 0.643. The predicted molar refractivity (Wildman–Crippen MR) is 79.4 cm³/mol. The average molecular weight is 294 g/mol. The molecule has 2 rings (SSSR count). The van der Waals surface area contributed by atoms with Crippen LogP contribution < -0.4 is 10.6 Å². The fourth-order valence-corrected chi connectivity index (χ4v) is 2.66. The van der Waals surface area contributed by atoms with E-state index < -0.39 is 4.92 Å². The molecule has 1 saturated heterocycles. The van der Waals surface area contributed by atoms with E-state index in [0.717, 1.165) is 19.4 Å². The zero-order chi connectivity index (χ0) is 15.6. The number of rotatable bonds is 4. The summed E-state index contributed by atoms with van der Waals surface area (Å²) in [5.74, 6) is -0.252. The summed E-state index contributed by atoms with van der Waals surface area (Å²) in [5, 5.41) is 17.2. The summed E-state index contributed by atoms with van der Waals surface area (Å²) in [6, 6.07) is 1.60. The molecule has 1 aliphatic heterocycles. The molecule has 0 spiro atoms. The molecule has 0 bridgehead atoms. The Hall–Kier alpha value is -1.89. The van der Waals surface area contributed by atoms with Gasteiger partial charge < -0.3 is 15.2 Å². The van der Waals surface area contributed by atoms with Crippen LogP contribution in [0.25, 0.3) is 0 Å². The van der Waals surface area contributed by atoms with E-state index in [4.69, 9.17) is 0 Å². The number of hydrogen-bond acceptors (Lipinski definition) is 4. The number of nitro groups is 1. The van der Waals surface area contributed by atoms with Crippen molar-refractivity contribution in [3.63, 3.8) is 0 Å². The quantitative estimate of drug-likeness (QED) is 0.655. The number of carbonyl (C=O) groups is 1. The highest BCUT2D eigenvalue weighted by molar-refractivity contribution is 5.93. The maximum Gasteiger partial charge on any atom is 0.287 e. The minimum atomic E-state index is -0.472. The monoisotopic (exact) mass is 294 g/mol. The lowest BCUT2D eigenvalue weighted by Crippen LogP contribution is -2.52. The molecule has 1 aromatic rings. The number of carbonyl (C=O) groups excluding carboxylic acids is 1. The van der Waals surface area contributed by atoms with Gasteiger partial charge in [0.15, 0.2) is 0 Å². The van der Waals surface area contributed by atoms with Crippen LogP contribution in [-0.2, 0) is 0 Å². The molecule has 0 saturated carbocycles. The minimum Gasteiger partial charge on any atom is -0.346 e. The number of aromatic nitrogens is 1. The summed E-state index contributed by atoms with van der Waals surface area (Å²) >= 11 is 0. The lowest BCUT2D eigenvalue weighted by atomic mass is 10.00. The van der Waals surface area contributed by atoms with E-state index in [1.165, 1.54) is 12.3 Å². The first kappa shape index (κ1) is 15.5. The highest BCUT2D eigenvalue weighted by Gasteiger charge is 2.26. The summed E-state index contributed by atoms with van der Waals surface area (Å²) in [5.41, 5.74) is 0.290. The van der Waals surface area contributed by atoms with Gasteiger partial charge in [0.05, 0.1) is 11.1 Å². The Kier molecular flexibility index (Phi) is 4.62. The van der Waals surface area contributed by atoms with Gasteiger partial charge in [0.2, 0.25) is 0 Å². The molecule has 7 nitrogen and oxygen atoms in total. The molecule has 7 heteroatoms. The lowest BCUT2D eigenvalue weighted by molar-refractivity contribution is -0.384. The van der Waals surface area contributed by atoms with Gasteiger partial charge >= 0.3 is 0 Å². The predicted octanol–water partition coefficient (Wildman–Crippen LogP) is 1.85. The molecule has 0 radical (unpaired) electrons. The molecule has 1 amide bonds. The van der Waals surface area contributed by atoms with Crippen molar-refractivity contribution in [3.8, 4) is 0 Å². The summed E-state index contributed by atoms with van der Waals surface area (Å²) in [7, 11) is 0. The molecule has 1 fully saturated rings. The number of hydrogen-bond donors (Lipinski definition) is 2. The third-order valence-electron chi connectivity index (χ3n) is 3.91. The number of nitrogens with zero attached hydrogens (tertiary/aromatic N) is 2. The van der Waals surface area contributed by atoms with E-state index in [0.29, 0.717) is 5.69 Å². The Labute approximate surface area is 123 Å². The van der Waals surface area contributed by atoms with Gasteiger partial charge in [-0.2, -0.15) is 0 Å². The first-order chi connectivity index (χ1) is 9.90. The summed E-state index contributed by atoms with van der Waals surface area (Å²) < 4.78 is 1.65. The van der Waals surface area contributed by atoms with Crippen LogP contribution in [0.15, 0.2) is 12.3 Å². The maximum absolute atomic E-state index is 12.4. The average Bonchev–Trinajstić information content (AvgIpc) is 2.87. The zero-order valence-electron chi connectivity index (χ0n) is 12.6. The minimum absolute atomic E-state index is 0.0126. The molecule has 1 aromatic heterocycles. The zero-order valence-corrected chi connectivity index (χ0v) is 12.6. The van der Waals surface area contributed by atoms with Crippen LogP contribution >= 0.6 is 0 Å². The smallest absolute Gasteiger partial charge is 0.287 e. The fourth-order valence-electron chi connectivity index (χ4n) is 2.66. The van der Waals surface area contributed by atoms with Crippen LogP contribution in [0.4, 0.5) is 5.69 Å². The third kappa shape index (κ3) is 3.41. The number of nitrogens with one attached hydrogen (secondary N) is 2. The van der Waals surface area contributed by atoms with Gasteiger partial charge in [-0.15, -0.1) is 0 Å². The second-order valence-electron chi connectivity index (χ2n) is 5.81. The highest BCUT2D eigenvalue weighted by atomic mass is 16.6. The SMILES string of the molecule is CC1NCCCC1NC(=O)c1cc([N+](=O)[O-])cn1C(C)C. The van der Waals surface area contributed by atoms with Crippen LogP contribution in [0.2, 0.25) is 0 Å². The van der Waals surface area contributed by atoms with Crippen molar-refractivity contribution in [3.05, 3.63) is 28.1 Å². The van der Waals surface area contributed by atoms with Crippen LogP contribution in [0, 0.1) is 10.1 Å². The second kappa shape index (κ2) is 6.26. The molecule has 1 aliphatic rings. The summed E-state index contributed by atoms with van der Waals surface area (Å²) in [4.78, 5) is 22.9. The Morgan fingerprint density at radius 2 is 2.29 bits per heavy atom. The molecule has 2 N–H and O–H groups in total. The van der Waals surface area contributed by atoms with E-state index in [-0.39, 0.29) is 29.7 Å². The van der Waals surface area contributed by atoms with Gasteiger partial charge in [-0.1, -0.05) is 0 Å². The molecule has 0 aliphatic carbocycles. The van der Waals surface area contributed by atoms with E-state index in [1.54, 1.807) is 4.57 Å². The Morgan fingerprint density at radius 1 is 1.57 bits per heavy atom. The number of amides is 1. The highest BCUT2D eigenvalue weighted by Crippen LogP contribution is 2.21. The lowest BCUT2D eigenvalue weighted by Gasteiger charge is -2.30. The van der Waals surface area contributed by atoms with Crippen molar-refractivity contribution in [1.82, 2.24) is 15.2 Å². The number of piperidine rings is 1. The van der Waals surface area contributed by atoms with Crippen molar-refractivity contribution < 1.29 is 9.72 Å². The van der Waals surface area contributed by atoms with Crippen molar-refractivity contribution in [1.29, 1.82) is 0 Å². The molecule has 21 heavy (non-hydrogen) atoms. The maximum atomic E-state index is 12.4. The molecule has 2 unspecified atom stereocenters. The van der Waals surface area contributed by atoms with Gasteiger partial charge in [0, 0.05) is 24.2 Å². The Balaban J connectivity index is 2.19. The molecular weight excluding hydrogens is 272 g/mol. The van der Waals surface area contributed by atoms with Gasteiger partial charge in [0.25, 0.3) is 11.6 Å². The van der Waals surface area contributed by atoms with E-state index >= 15 is 0 Å². The second-order valence-corrected chi connectivity index (χ2v) is 5.81. The van der Waals surface area contributed by atoms with Gasteiger partial charge in [0.1, 0.15) is 5.69 Å². The summed E-state index contributed by atoms with van der Waals surface area (Å²) in [6.45, 7) is 6.78.